The number of hydrogen-bond acceptors (Lipinski definition) is 5. The number of aromatic nitrogens is 4. The SMILES string of the molecule is OCc1c(-c2ccccn2)nc2sc(C3CCC3)nn12. The third-order valence-electron chi connectivity index (χ3n) is 3.82. The molecule has 0 bridgehead atoms. The lowest BCUT2D eigenvalue weighted by atomic mass is 9.86. The standard InChI is InChI=1S/C14H14N4OS/c19-8-11-12(10-6-1-2-7-15-10)16-14-18(11)17-13(20-14)9-4-3-5-9/h1-2,6-7,9,19H,3-5,8H2. The highest BCUT2D eigenvalue weighted by Crippen LogP contribution is 2.39. The molecule has 5 nitrogen and oxygen atoms in total. The Kier molecular flexibility index (Phi) is 2.78. The second-order valence-corrected chi connectivity index (χ2v) is 6.03. The van der Waals surface area contributed by atoms with Gasteiger partial charge in [-0.3, -0.25) is 4.98 Å². The number of aliphatic hydroxyl groups is 1. The second kappa shape index (κ2) is 4.64. The number of hydrogen-bond donors (Lipinski definition) is 1. The van der Waals surface area contributed by atoms with Gasteiger partial charge < -0.3 is 5.11 Å². The number of imidazole rings is 1. The molecule has 1 fully saturated rings. The quantitative estimate of drug-likeness (QED) is 0.804. The van der Waals surface area contributed by atoms with Gasteiger partial charge in [-0.25, -0.2) is 9.50 Å². The molecule has 1 aliphatic rings. The van der Waals surface area contributed by atoms with E-state index in [4.69, 9.17) is 0 Å². The van der Waals surface area contributed by atoms with Crippen LogP contribution < -0.4 is 0 Å². The van der Waals surface area contributed by atoms with E-state index < -0.39 is 0 Å². The molecule has 1 N–H and O–H groups in total. The summed E-state index contributed by atoms with van der Waals surface area (Å²) in [6, 6.07) is 5.69. The van der Waals surface area contributed by atoms with Crippen molar-refractivity contribution < 1.29 is 5.11 Å². The molecule has 0 aliphatic heterocycles. The van der Waals surface area contributed by atoms with Crippen molar-refractivity contribution >= 4 is 16.3 Å². The minimum absolute atomic E-state index is 0.0824. The van der Waals surface area contributed by atoms with Crippen LogP contribution in [0.2, 0.25) is 0 Å². The number of fused-ring (bicyclic) bond motifs is 1. The molecule has 0 saturated heterocycles. The third kappa shape index (κ3) is 1.76. The lowest BCUT2D eigenvalue weighted by Crippen LogP contribution is -2.09. The van der Waals surface area contributed by atoms with Crippen LogP contribution in [-0.4, -0.2) is 24.7 Å². The highest BCUT2D eigenvalue weighted by atomic mass is 32.1. The molecule has 0 radical (unpaired) electrons. The second-order valence-electron chi connectivity index (χ2n) is 5.04. The molecular formula is C14H14N4OS. The third-order valence-corrected chi connectivity index (χ3v) is 4.89. The Morgan fingerprint density at radius 2 is 2.25 bits per heavy atom. The average molecular weight is 286 g/mol. The van der Waals surface area contributed by atoms with Crippen molar-refractivity contribution in [2.24, 2.45) is 0 Å². The molecule has 0 amide bonds. The smallest absolute Gasteiger partial charge is 0.213 e. The zero-order valence-electron chi connectivity index (χ0n) is 10.9. The lowest BCUT2D eigenvalue weighted by Gasteiger charge is -2.21. The van der Waals surface area contributed by atoms with Gasteiger partial charge in [0.1, 0.15) is 10.7 Å². The monoisotopic (exact) mass is 286 g/mol. The molecule has 4 rings (SSSR count). The fraction of sp³-hybridized carbons (Fsp3) is 0.357. The Bertz CT molecular complexity index is 745. The lowest BCUT2D eigenvalue weighted by molar-refractivity contribution is 0.274. The Labute approximate surface area is 119 Å². The predicted octanol–water partition coefficient (Wildman–Crippen LogP) is 2.61. The Balaban J connectivity index is 1.84. The molecule has 0 atom stereocenters. The molecule has 3 aromatic heterocycles. The molecule has 3 aromatic rings. The molecule has 20 heavy (non-hydrogen) atoms. The zero-order chi connectivity index (χ0) is 13.5. The summed E-state index contributed by atoms with van der Waals surface area (Å²) >= 11 is 1.63. The number of nitrogens with zero attached hydrogens (tertiary/aromatic N) is 4. The van der Waals surface area contributed by atoms with E-state index in [1.54, 1.807) is 22.0 Å². The van der Waals surface area contributed by atoms with Crippen molar-refractivity contribution in [1.82, 2.24) is 19.6 Å². The maximum absolute atomic E-state index is 9.66. The van der Waals surface area contributed by atoms with E-state index in [0.717, 1.165) is 27.1 Å². The number of pyridine rings is 1. The topological polar surface area (TPSA) is 63.3 Å². The van der Waals surface area contributed by atoms with Gasteiger partial charge in [0, 0.05) is 12.1 Å². The molecular weight excluding hydrogens is 272 g/mol. The van der Waals surface area contributed by atoms with E-state index in [9.17, 15) is 5.11 Å². The minimum Gasteiger partial charge on any atom is -0.390 e. The molecule has 1 aliphatic carbocycles. The molecule has 102 valence electrons. The normalized spacial score (nSPS) is 15.7. The summed E-state index contributed by atoms with van der Waals surface area (Å²) in [4.78, 5) is 9.76. The Hall–Kier alpha value is -1.79. The summed E-state index contributed by atoms with van der Waals surface area (Å²) in [5.41, 5.74) is 2.23. The van der Waals surface area contributed by atoms with Gasteiger partial charge in [-0.1, -0.05) is 23.8 Å². The van der Waals surface area contributed by atoms with Crippen LogP contribution in [-0.2, 0) is 6.61 Å². The van der Waals surface area contributed by atoms with Gasteiger partial charge >= 0.3 is 0 Å². The highest BCUT2D eigenvalue weighted by molar-refractivity contribution is 7.16. The predicted molar refractivity (Wildman–Crippen MR) is 76.6 cm³/mol. The fourth-order valence-corrected chi connectivity index (χ4v) is 3.56. The highest BCUT2D eigenvalue weighted by Gasteiger charge is 2.25. The van der Waals surface area contributed by atoms with Gasteiger partial charge in [0.25, 0.3) is 0 Å². The molecule has 0 aromatic carbocycles. The van der Waals surface area contributed by atoms with Crippen LogP contribution in [0, 0.1) is 0 Å². The number of aliphatic hydroxyl groups excluding tert-OH is 1. The van der Waals surface area contributed by atoms with Crippen molar-refractivity contribution in [2.75, 3.05) is 0 Å². The van der Waals surface area contributed by atoms with Crippen LogP contribution in [0.1, 0.15) is 35.9 Å². The minimum atomic E-state index is -0.0824. The van der Waals surface area contributed by atoms with E-state index in [-0.39, 0.29) is 6.61 Å². The van der Waals surface area contributed by atoms with Crippen molar-refractivity contribution in [2.45, 2.75) is 31.8 Å². The van der Waals surface area contributed by atoms with Gasteiger partial charge in [-0.15, -0.1) is 0 Å². The van der Waals surface area contributed by atoms with Gasteiger partial charge in [-0.2, -0.15) is 5.10 Å². The first-order chi connectivity index (χ1) is 9.86. The van der Waals surface area contributed by atoms with Gasteiger partial charge in [0.2, 0.25) is 4.96 Å². The largest absolute Gasteiger partial charge is 0.390 e. The molecule has 6 heteroatoms. The van der Waals surface area contributed by atoms with Crippen LogP contribution >= 0.6 is 11.3 Å². The van der Waals surface area contributed by atoms with Gasteiger partial charge in [0.05, 0.1) is 18.0 Å². The van der Waals surface area contributed by atoms with Crippen LogP contribution in [0.15, 0.2) is 24.4 Å². The van der Waals surface area contributed by atoms with Crippen molar-refractivity contribution in [1.29, 1.82) is 0 Å². The maximum Gasteiger partial charge on any atom is 0.213 e. The molecule has 1 saturated carbocycles. The molecule has 3 heterocycles. The van der Waals surface area contributed by atoms with Crippen LogP contribution in [0.5, 0.6) is 0 Å². The first-order valence-corrected chi connectivity index (χ1v) is 7.59. The van der Waals surface area contributed by atoms with E-state index >= 15 is 0 Å². The van der Waals surface area contributed by atoms with Gasteiger partial charge in [-0.05, 0) is 25.0 Å². The first kappa shape index (κ1) is 12.0. The molecule has 0 unspecified atom stereocenters. The van der Waals surface area contributed by atoms with Crippen molar-refractivity contribution in [3.8, 4) is 11.4 Å². The van der Waals surface area contributed by atoms with E-state index in [1.807, 2.05) is 18.2 Å². The zero-order valence-corrected chi connectivity index (χ0v) is 11.7. The van der Waals surface area contributed by atoms with Crippen LogP contribution in [0.4, 0.5) is 0 Å². The first-order valence-electron chi connectivity index (χ1n) is 6.77. The number of rotatable bonds is 3. The van der Waals surface area contributed by atoms with Crippen LogP contribution in [0.25, 0.3) is 16.3 Å². The average Bonchev–Trinajstić information content (AvgIpc) is 2.94. The van der Waals surface area contributed by atoms with Gasteiger partial charge in [0.15, 0.2) is 0 Å². The van der Waals surface area contributed by atoms with E-state index in [0.29, 0.717) is 5.92 Å². The summed E-state index contributed by atoms with van der Waals surface area (Å²) in [6.07, 6.45) is 5.46. The summed E-state index contributed by atoms with van der Waals surface area (Å²) in [6.45, 7) is -0.0824. The van der Waals surface area contributed by atoms with Crippen molar-refractivity contribution in [3.63, 3.8) is 0 Å². The maximum atomic E-state index is 9.66. The van der Waals surface area contributed by atoms with E-state index in [1.165, 1.54) is 19.3 Å². The fourth-order valence-electron chi connectivity index (χ4n) is 2.47. The Morgan fingerprint density at radius 1 is 1.35 bits per heavy atom. The van der Waals surface area contributed by atoms with Crippen LogP contribution in [0.3, 0.4) is 0 Å². The van der Waals surface area contributed by atoms with Crippen molar-refractivity contribution in [3.05, 3.63) is 35.1 Å². The summed E-state index contributed by atoms with van der Waals surface area (Å²) in [5, 5.41) is 15.4. The molecule has 0 spiro atoms. The summed E-state index contributed by atoms with van der Waals surface area (Å²) < 4.78 is 1.78. The Morgan fingerprint density at radius 3 is 2.90 bits per heavy atom. The summed E-state index contributed by atoms with van der Waals surface area (Å²) in [7, 11) is 0. The van der Waals surface area contributed by atoms with E-state index in [2.05, 4.69) is 15.1 Å². The summed E-state index contributed by atoms with van der Waals surface area (Å²) in [5.74, 6) is 0.589.